The number of rotatable bonds is 3. The monoisotopic (exact) mass is 299 g/mol. The van der Waals surface area contributed by atoms with Crippen molar-refractivity contribution in [3.63, 3.8) is 0 Å². The molecule has 1 aliphatic carbocycles. The molecule has 1 aromatic carbocycles. The lowest BCUT2D eigenvalue weighted by Crippen LogP contribution is -2.33. The molecule has 0 saturated heterocycles. The second kappa shape index (κ2) is 4.66. The SMILES string of the molecule is Cc1ncsc1C(=O)N(c1nc2ccccc2o1)C1CC1. The van der Waals surface area contributed by atoms with Gasteiger partial charge in [-0.15, -0.1) is 11.3 Å². The first-order valence-electron chi connectivity index (χ1n) is 6.83. The van der Waals surface area contributed by atoms with Gasteiger partial charge in [0.15, 0.2) is 5.58 Å². The smallest absolute Gasteiger partial charge is 0.305 e. The number of amides is 1. The van der Waals surface area contributed by atoms with E-state index >= 15 is 0 Å². The molecule has 5 nitrogen and oxygen atoms in total. The first-order chi connectivity index (χ1) is 10.2. The summed E-state index contributed by atoms with van der Waals surface area (Å²) in [5, 5.41) is 0. The van der Waals surface area contributed by atoms with E-state index in [9.17, 15) is 4.79 Å². The highest BCUT2D eigenvalue weighted by atomic mass is 32.1. The summed E-state index contributed by atoms with van der Waals surface area (Å²) < 4.78 is 5.77. The molecule has 0 N–H and O–H groups in total. The fourth-order valence-corrected chi connectivity index (χ4v) is 3.06. The quantitative estimate of drug-likeness (QED) is 0.743. The van der Waals surface area contributed by atoms with Crippen LogP contribution in [0.4, 0.5) is 6.01 Å². The molecule has 3 aromatic rings. The Hall–Kier alpha value is -2.21. The fourth-order valence-electron chi connectivity index (χ4n) is 2.32. The standard InChI is InChI=1S/C15H13N3O2S/c1-9-13(21-8-16-9)14(19)18(10-6-7-10)15-17-11-4-2-3-5-12(11)20-15/h2-5,8,10H,6-7H2,1H3. The van der Waals surface area contributed by atoms with Gasteiger partial charge in [-0.2, -0.15) is 4.98 Å². The Labute approximate surface area is 125 Å². The highest BCUT2D eigenvalue weighted by Crippen LogP contribution is 2.35. The summed E-state index contributed by atoms with van der Waals surface area (Å²) in [6, 6.07) is 8.12. The number of carbonyl (C=O) groups excluding carboxylic acids is 1. The Morgan fingerprint density at radius 3 is 2.86 bits per heavy atom. The van der Waals surface area contributed by atoms with Gasteiger partial charge < -0.3 is 4.42 Å². The number of oxazole rings is 1. The minimum Gasteiger partial charge on any atom is -0.423 e. The normalized spacial score (nSPS) is 14.5. The summed E-state index contributed by atoms with van der Waals surface area (Å²) in [6.45, 7) is 1.85. The minimum absolute atomic E-state index is 0.0657. The van der Waals surface area contributed by atoms with Crippen LogP contribution in [0, 0.1) is 6.92 Å². The molecule has 1 saturated carbocycles. The van der Waals surface area contributed by atoms with Crippen LogP contribution in [0.2, 0.25) is 0 Å². The molecule has 2 aromatic heterocycles. The number of benzene rings is 1. The number of thiazole rings is 1. The Bertz CT molecular complexity index is 786. The summed E-state index contributed by atoms with van der Waals surface area (Å²) in [4.78, 5) is 23.7. The topological polar surface area (TPSA) is 59.2 Å². The lowest BCUT2D eigenvalue weighted by atomic mass is 10.3. The van der Waals surface area contributed by atoms with Crippen LogP contribution in [-0.2, 0) is 0 Å². The third-order valence-corrected chi connectivity index (χ3v) is 4.48. The molecule has 2 heterocycles. The zero-order valence-electron chi connectivity index (χ0n) is 11.4. The summed E-state index contributed by atoms with van der Waals surface area (Å²) in [7, 11) is 0. The number of carbonyl (C=O) groups is 1. The average molecular weight is 299 g/mol. The molecular formula is C15H13N3O2S. The largest absolute Gasteiger partial charge is 0.423 e. The molecule has 1 aliphatic rings. The molecule has 1 amide bonds. The molecule has 4 rings (SSSR count). The van der Waals surface area contributed by atoms with Crippen LogP contribution in [0.3, 0.4) is 0 Å². The van der Waals surface area contributed by atoms with Crippen LogP contribution >= 0.6 is 11.3 Å². The van der Waals surface area contributed by atoms with E-state index in [2.05, 4.69) is 9.97 Å². The predicted octanol–water partition coefficient (Wildman–Crippen LogP) is 3.40. The number of para-hydroxylation sites is 2. The lowest BCUT2D eigenvalue weighted by Gasteiger charge is -2.17. The van der Waals surface area contributed by atoms with E-state index in [1.54, 1.807) is 10.4 Å². The Morgan fingerprint density at radius 2 is 2.19 bits per heavy atom. The zero-order chi connectivity index (χ0) is 14.4. The van der Waals surface area contributed by atoms with Gasteiger partial charge in [0.2, 0.25) is 0 Å². The molecule has 0 atom stereocenters. The van der Waals surface area contributed by atoms with Crippen molar-refractivity contribution in [2.75, 3.05) is 4.90 Å². The van der Waals surface area contributed by atoms with Gasteiger partial charge in [0.25, 0.3) is 5.91 Å². The van der Waals surface area contributed by atoms with Gasteiger partial charge in [-0.05, 0) is 31.9 Å². The Morgan fingerprint density at radius 1 is 1.38 bits per heavy atom. The average Bonchev–Trinajstić information content (AvgIpc) is 3.06. The van der Waals surface area contributed by atoms with Crippen molar-refractivity contribution in [1.29, 1.82) is 0 Å². The number of aromatic nitrogens is 2. The molecule has 0 radical (unpaired) electrons. The van der Waals surface area contributed by atoms with Crippen molar-refractivity contribution < 1.29 is 9.21 Å². The highest BCUT2D eigenvalue weighted by Gasteiger charge is 2.38. The molecule has 6 heteroatoms. The van der Waals surface area contributed by atoms with Gasteiger partial charge in [0.05, 0.1) is 11.2 Å². The van der Waals surface area contributed by atoms with Gasteiger partial charge in [0.1, 0.15) is 10.4 Å². The van der Waals surface area contributed by atoms with Crippen LogP contribution in [-0.4, -0.2) is 21.9 Å². The van der Waals surface area contributed by atoms with Crippen LogP contribution in [0.1, 0.15) is 28.2 Å². The number of nitrogens with zero attached hydrogens (tertiary/aromatic N) is 3. The van der Waals surface area contributed by atoms with Gasteiger partial charge in [-0.3, -0.25) is 9.69 Å². The van der Waals surface area contributed by atoms with Crippen LogP contribution < -0.4 is 4.90 Å². The van der Waals surface area contributed by atoms with E-state index in [0.717, 1.165) is 24.1 Å². The fraction of sp³-hybridized carbons (Fsp3) is 0.267. The molecule has 106 valence electrons. The van der Waals surface area contributed by atoms with E-state index in [1.165, 1.54) is 11.3 Å². The number of fused-ring (bicyclic) bond motifs is 1. The second-order valence-corrected chi connectivity index (χ2v) is 5.99. The van der Waals surface area contributed by atoms with Crippen molar-refractivity contribution in [1.82, 2.24) is 9.97 Å². The number of hydrogen-bond acceptors (Lipinski definition) is 5. The predicted molar refractivity (Wildman–Crippen MR) is 80.7 cm³/mol. The van der Waals surface area contributed by atoms with E-state index < -0.39 is 0 Å². The molecule has 0 unspecified atom stereocenters. The van der Waals surface area contributed by atoms with Gasteiger partial charge in [0, 0.05) is 6.04 Å². The first kappa shape index (κ1) is 12.5. The zero-order valence-corrected chi connectivity index (χ0v) is 12.3. The maximum absolute atomic E-state index is 12.8. The van der Waals surface area contributed by atoms with E-state index in [1.807, 2.05) is 31.2 Å². The van der Waals surface area contributed by atoms with E-state index in [4.69, 9.17) is 4.42 Å². The molecule has 0 spiro atoms. The Balaban J connectivity index is 1.78. The molecule has 21 heavy (non-hydrogen) atoms. The van der Waals surface area contributed by atoms with Crippen molar-refractivity contribution in [2.45, 2.75) is 25.8 Å². The van der Waals surface area contributed by atoms with Gasteiger partial charge in [-0.1, -0.05) is 12.1 Å². The number of hydrogen-bond donors (Lipinski definition) is 0. The first-order valence-corrected chi connectivity index (χ1v) is 7.71. The number of anilines is 1. The molecule has 1 fully saturated rings. The van der Waals surface area contributed by atoms with Gasteiger partial charge >= 0.3 is 6.01 Å². The number of aryl methyl sites for hydroxylation is 1. The second-order valence-electron chi connectivity index (χ2n) is 5.14. The van der Waals surface area contributed by atoms with Crippen LogP contribution in [0.5, 0.6) is 0 Å². The summed E-state index contributed by atoms with van der Waals surface area (Å²) in [6.07, 6.45) is 1.98. The summed E-state index contributed by atoms with van der Waals surface area (Å²) in [5.74, 6) is -0.0657. The van der Waals surface area contributed by atoms with E-state index in [-0.39, 0.29) is 11.9 Å². The molecule has 0 bridgehead atoms. The highest BCUT2D eigenvalue weighted by molar-refractivity contribution is 7.12. The summed E-state index contributed by atoms with van der Waals surface area (Å²) in [5.41, 5.74) is 3.92. The maximum atomic E-state index is 12.8. The molecule has 0 aliphatic heterocycles. The van der Waals surface area contributed by atoms with Gasteiger partial charge in [-0.25, -0.2) is 4.98 Å². The van der Waals surface area contributed by atoms with Crippen LogP contribution in [0.25, 0.3) is 11.1 Å². The lowest BCUT2D eigenvalue weighted by molar-refractivity contribution is 0.0983. The minimum atomic E-state index is -0.0657. The maximum Gasteiger partial charge on any atom is 0.305 e. The third kappa shape index (κ3) is 2.12. The molecular weight excluding hydrogens is 286 g/mol. The summed E-state index contributed by atoms with van der Waals surface area (Å²) >= 11 is 1.36. The van der Waals surface area contributed by atoms with Crippen molar-refractivity contribution in [3.05, 3.63) is 40.3 Å². The van der Waals surface area contributed by atoms with Crippen molar-refractivity contribution in [3.8, 4) is 0 Å². The third-order valence-electron chi connectivity index (χ3n) is 3.56. The van der Waals surface area contributed by atoms with Crippen molar-refractivity contribution >= 4 is 34.4 Å². The Kier molecular flexibility index (Phi) is 2.78. The van der Waals surface area contributed by atoms with Crippen LogP contribution in [0.15, 0.2) is 34.2 Å². The van der Waals surface area contributed by atoms with Crippen molar-refractivity contribution in [2.24, 2.45) is 0 Å². The van der Waals surface area contributed by atoms with E-state index in [0.29, 0.717) is 16.5 Å².